The molecule has 0 radical (unpaired) electrons. The van der Waals surface area contributed by atoms with Crippen molar-refractivity contribution in [3.8, 4) is 0 Å². The SMILES string of the molecule is Cn1nccc1CCNCc1cccc(F)c1. The molecule has 1 aromatic carbocycles. The number of rotatable bonds is 5. The van der Waals surface area contributed by atoms with Gasteiger partial charge in [0.2, 0.25) is 0 Å². The molecule has 0 saturated carbocycles. The van der Waals surface area contributed by atoms with Crippen LogP contribution in [0, 0.1) is 5.82 Å². The number of aromatic nitrogens is 2. The fourth-order valence-electron chi connectivity index (χ4n) is 1.74. The Morgan fingerprint density at radius 1 is 1.35 bits per heavy atom. The third-order valence-corrected chi connectivity index (χ3v) is 2.70. The number of benzene rings is 1. The van der Waals surface area contributed by atoms with Crippen molar-refractivity contribution in [1.29, 1.82) is 0 Å². The fourth-order valence-corrected chi connectivity index (χ4v) is 1.74. The van der Waals surface area contributed by atoms with E-state index in [1.165, 1.54) is 11.8 Å². The second kappa shape index (κ2) is 5.59. The van der Waals surface area contributed by atoms with Crippen LogP contribution in [0.2, 0.25) is 0 Å². The van der Waals surface area contributed by atoms with E-state index in [9.17, 15) is 4.39 Å². The van der Waals surface area contributed by atoms with Crippen molar-refractivity contribution in [3.63, 3.8) is 0 Å². The van der Waals surface area contributed by atoms with Gasteiger partial charge in [0.1, 0.15) is 5.82 Å². The predicted octanol–water partition coefficient (Wildman–Crippen LogP) is 1.89. The van der Waals surface area contributed by atoms with Crippen LogP contribution in [-0.2, 0) is 20.0 Å². The van der Waals surface area contributed by atoms with Gasteiger partial charge in [-0.15, -0.1) is 0 Å². The zero-order valence-corrected chi connectivity index (χ0v) is 9.86. The minimum Gasteiger partial charge on any atom is -0.312 e. The summed E-state index contributed by atoms with van der Waals surface area (Å²) < 4.78 is 14.8. The number of nitrogens with zero attached hydrogens (tertiary/aromatic N) is 2. The third kappa shape index (κ3) is 3.39. The van der Waals surface area contributed by atoms with E-state index in [1.807, 2.05) is 23.9 Å². The predicted molar refractivity (Wildman–Crippen MR) is 65.0 cm³/mol. The zero-order valence-electron chi connectivity index (χ0n) is 9.86. The van der Waals surface area contributed by atoms with E-state index >= 15 is 0 Å². The highest BCUT2D eigenvalue weighted by Gasteiger charge is 1.98. The highest BCUT2D eigenvalue weighted by atomic mass is 19.1. The Labute approximate surface area is 100 Å². The van der Waals surface area contributed by atoms with E-state index in [0.29, 0.717) is 6.54 Å². The summed E-state index contributed by atoms with van der Waals surface area (Å²) in [6, 6.07) is 8.66. The van der Waals surface area contributed by atoms with Gasteiger partial charge in [-0.05, 0) is 23.8 Å². The van der Waals surface area contributed by atoms with E-state index in [4.69, 9.17) is 0 Å². The molecule has 0 aliphatic rings. The first-order valence-corrected chi connectivity index (χ1v) is 5.68. The molecule has 0 atom stereocenters. The molecular formula is C13H16FN3. The zero-order chi connectivity index (χ0) is 12.1. The number of hydrogen-bond donors (Lipinski definition) is 1. The molecule has 0 bridgehead atoms. The van der Waals surface area contributed by atoms with Crippen molar-refractivity contribution in [2.45, 2.75) is 13.0 Å². The normalized spacial score (nSPS) is 10.7. The maximum absolute atomic E-state index is 12.9. The summed E-state index contributed by atoms with van der Waals surface area (Å²) in [4.78, 5) is 0. The van der Waals surface area contributed by atoms with Crippen LogP contribution in [0.3, 0.4) is 0 Å². The maximum atomic E-state index is 12.9. The van der Waals surface area contributed by atoms with Gasteiger partial charge < -0.3 is 5.32 Å². The van der Waals surface area contributed by atoms with Crippen LogP contribution in [0.5, 0.6) is 0 Å². The molecule has 17 heavy (non-hydrogen) atoms. The van der Waals surface area contributed by atoms with E-state index in [1.54, 1.807) is 18.3 Å². The minimum absolute atomic E-state index is 0.184. The Hall–Kier alpha value is -1.68. The van der Waals surface area contributed by atoms with Crippen LogP contribution in [0.1, 0.15) is 11.3 Å². The van der Waals surface area contributed by atoms with Gasteiger partial charge in [0.15, 0.2) is 0 Å². The van der Waals surface area contributed by atoms with Crippen molar-refractivity contribution >= 4 is 0 Å². The summed E-state index contributed by atoms with van der Waals surface area (Å²) >= 11 is 0. The van der Waals surface area contributed by atoms with Crippen molar-refractivity contribution in [1.82, 2.24) is 15.1 Å². The number of nitrogens with one attached hydrogen (secondary N) is 1. The second-order valence-corrected chi connectivity index (χ2v) is 4.00. The lowest BCUT2D eigenvalue weighted by Crippen LogP contribution is -2.17. The molecule has 0 aliphatic carbocycles. The van der Waals surface area contributed by atoms with Crippen LogP contribution in [0.25, 0.3) is 0 Å². The van der Waals surface area contributed by atoms with Gasteiger partial charge in [0, 0.05) is 38.4 Å². The Kier molecular flexibility index (Phi) is 3.88. The van der Waals surface area contributed by atoms with Crippen LogP contribution in [-0.4, -0.2) is 16.3 Å². The lowest BCUT2D eigenvalue weighted by atomic mass is 10.2. The number of halogens is 1. The summed E-state index contributed by atoms with van der Waals surface area (Å²) in [5, 5.41) is 7.39. The smallest absolute Gasteiger partial charge is 0.123 e. The Bertz CT molecular complexity index is 479. The second-order valence-electron chi connectivity index (χ2n) is 4.00. The molecule has 1 N–H and O–H groups in total. The van der Waals surface area contributed by atoms with Gasteiger partial charge >= 0.3 is 0 Å². The summed E-state index contributed by atoms with van der Waals surface area (Å²) in [7, 11) is 1.93. The summed E-state index contributed by atoms with van der Waals surface area (Å²) in [5.41, 5.74) is 2.16. The minimum atomic E-state index is -0.184. The van der Waals surface area contributed by atoms with Crippen molar-refractivity contribution in [2.75, 3.05) is 6.54 Å². The maximum Gasteiger partial charge on any atom is 0.123 e. The highest BCUT2D eigenvalue weighted by Crippen LogP contribution is 2.03. The monoisotopic (exact) mass is 233 g/mol. The van der Waals surface area contributed by atoms with Gasteiger partial charge in [0.05, 0.1) is 0 Å². The lowest BCUT2D eigenvalue weighted by Gasteiger charge is -2.05. The van der Waals surface area contributed by atoms with Crippen LogP contribution < -0.4 is 5.32 Å². The van der Waals surface area contributed by atoms with E-state index in [-0.39, 0.29) is 5.82 Å². The highest BCUT2D eigenvalue weighted by molar-refractivity contribution is 5.16. The summed E-state index contributed by atoms with van der Waals surface area (Å²) in [6.07, 6.45) is 2.72. The van der Waals surface area contributed by atoms with Crippen molar-refractivity contribution < 1.29 is 4.39 Å². The summed E-state index contributed by atoms with van der Waals surface area (Å²) in [5.74, 6) is -0.184. The van der Waals surface area contributed by atoms with E-state index in [0.717, 1.165) is 18.5 Å². The molecule has 0 saturated heterocycles. The lowest BCUT2D eigenvalue weighted by molar-refractivity contribution is 0.616. The summed E-state index contributed by atoms with van der Waals surface area (Å²) in [6.45, 7) is 1.55. The van der Waals surface area contributed by atoms with Gasteiger partial charge in [-0.1, -0.05) is 12.1 Å². The van der Waals surface area contributed by atoms with Gasteiger partial charge in [-0.3, -0.25) is 4.68 Å². The average molecular weight is 233 g/mol. The molecule has 0 amide bonds. The average Bonchev–Trinajstić information content (AvgIpc) is 2.71. The van der Waals surface area contributed by atoms with E-state index in [2.05, 4.69) is 10.4 Å². The first kappa shape index (κ1) is 11.8. The topological polar surface area (TPSA) is 29.9 Å². The molecule has 0 fully saturated rings. The molecule has 3 nitrogen and oxygen atoms in total. The van der Waals surface area contributed by atoms with Gasteiger partial charge in [-0.2, -0.15) is 5.10 Å². The largest absolute Gasteiger partial charge is 0.312 e. The third-order valence-electron chi connectivity index (χ3n) is 2.70. The van der Waals surface area contributed by atoms with Crippen molar-refractivity contribution in [2.24, 2.45) is 7.05 Å². The molecule has 0 aliphatic heterocycles. The Morgan fingerprint density at radius 3 is 2.94 bits per heavy atom. The molecular weight excluding hydrogens is 217 g/mol. The van der Waals surface area contributed by atoms with Crippen LogP contribution >= 0.6 is 0 Å². The molecule has 90 valence electrons. The number of hydrogen-bond acceptors (Lipinski definition) is 2. The quantitative estimate of drug-likeness (QED) is 0.799. The molecule has 1 aromatic heterocycles. The molecule has 4 heteroatoms. The Balaban J connectivity index is 1.75. The molecule has 2 rings (SSSR count). The van der Waals surface area contributed by atoms with Crippen molar-refractivity contribution in [3.05, 3.63) is 53.6 Å². The number of aryl methyl sites for hydroxylation is 1. The van der Waals surface area contributed by atoms with Gasteiger partial charge in [0.25, 0.3) is 0 Å². The van der Waals surface area contributed by atoms with Crippen LogP contribution in [0.15, 0.2) is 36.5 Å². The fraction of sp³-hybridized carbons (Fsp3) is 0.308. The van der Waals surface area contributed by atoms with E-state index < -0.39 is 0 Å². The first-order chi connectivity index (χ1) is 8.25. The first-order valence-electron chi connectivity index (χ1n) is 5.68. The standard InChI is InChI=1S/C13H16FN3/c1-17-13(6-8-16-17)5-7-15-10-11-3-2-4-12(14)9-11/h2-4,6,8-9,15H,5,7,10H2,1H3. The molecule has 0 spiro atoms. The molecule has 0 unspecified atom stereocenters. The Morgan fingerprint density at radius 2 is 2.24 bits per heavy atom. The molecule has 1 heterocycles. The molecule has 2 aromatic rings. The van der Waals surface area contributed by atoms with Crippen LogP contribution in [0.4, 0.5) is 4.39 Å². The van der Waals surface area contributed by atoms with Gasteiger partial charge in [-0.25, -0.2) is 4.39 Å².